The van der Waals surface area contributed by atoms with Crippen LogP contribution in [0.15, 0.2) is 0 Å². The van der Waals surface area contributed by atoms with E-state index in [2.05, 4.69) is 10.6 Å². The molecule has 116 valence electrons. The van der Waals surface area contributed by atoms with Gasteiger partial charge in [0.05, 0.1) is 18.8 Å². The topological polar surface area (TPSA) is 93.5 Å². The minimum absolute atomic E-state index is 0.0416. The number of hydrogen-bond donors (Lipinski definition) is 3. The minimum Gasteiger partial charge on any atom is -0.376 e. The van der Waals surface area contributed by atoms with E-state index >= 15 is 0 Å². The highest BCUT2D eigenvalue weighted by Crippen LogP contribution is 2.36. The van der Waals surface area contributed by atoms with Gasteiger partial charge in [-0.1, -0.05) is 13.8 Å². The second-order valence-electron chi connectivity index (χ2n) is 5.51. The first kappa shape index (κ1) is 15.8. The molecule has 4 N–H and O–H groups in total. The predicted molar refractivity (Wildman–Crippen MR) is 82.7 cm³/mol. The summed E-state index contributed by atoms with van der Waals surface area (Å²) >= 11 is 1.36. The van der Waals surface area contributed by atoms with E-state index in [1.807, 2.05) is 20.8 Å². The number of carbonyl (C=O) groups excluding carboxylic acids is 2. The number of amides is 3. The standard InChI is InChI=1S/C14H21N3O3S/c1-7(2)8(3)16-14(19)17-13-11(12(15)18)9-4-5-20-6-10(9)21-13/h7-8H,4-6H2,1-3H3,(H2,15,18)(H2,16,17,19). The summed E-state index contributed by atoms with van der Waals surface area (Å²) in [5.41, 5.74) is 6.79. The molecular weight excluding hydrogens is 290 g/mol. The average Bonchev–Trinajstić information content (AvgIpc) is 2.75. The SMILES string of the molecule is CC(C)C(C)NC(=O)Nc1sc2c(c1C(N)=O)CCOC2. The predicted octanol–water partition coefficient (Wildman–Crippen LogP) is 2.09. The molecule has 0 fully saturated rings. The molecule has 2 rings (SSSR count). The van der Waals surface area contributed by atoms with Gasteiger partial charge in [-0.15, -0.1) is 11.3 Å². The van der Waals surface area contributed by atoms with Crippen molar-refractivity contribution in [3.63, 3.8) is 0 Å². The maximum Gasteiger partial charge on any atom is 0.320 e. The van der Waals surface area contributed by atoms with Crippen molar-refractivity contribution in [1.29, 1.82) is 0 Å². The van der Waals surface area contributed by atoms with Gasteiger partial charge in [-0.2, -0.15) is 0 Å². The molecule has 3 amide bonds. The van der Waals surface area contributed by atoms with E-state index in [1.165, 1.54) is 11.3 Å². The van der Waals surface area contributed by atoms with Gasteiger partial charge in [-0.3, -0.25) is 10.1 Å². The molecule has 1 atom stereocenters. The number of anilines is 1. The Balaban J connectivity index is 2.18. The Morgan fingerprint density at radius 2 is 2.05 bits per heavy atom. The molecule has 7 heteroatoms. The van der Waals surface area contributed by atoms with Crippen LogP contribution in [0, 0.1) is 5.92 Å². The van der Waals surface area contributed by atoms with E-state index in [4.69, 9.17) is 10.5 Å². The molecule has 1 aromatic rings. The van der Waals surface area contributed by atoms with Gasteiger partial charge in [-0.05, 0) is 24.8 Å². The van der Waals surface area contributed by atoms with Gasteiger partial charge < -0.3 is 15.8 Å². The number of ether oxygens (including phenoxy) is 1. The smallest absolute Gasteiger partial charge is 0.320 e. The van der Waals surface area contributed by atoms with Gasteiger partial charge in [0.15, 0.2) is 0 Å². The molecule has 0 bridgehead atoms. The lowest BCUT2D eigenvalue weighted by molar-refractivity contribution is 0.0991. The maximum absolute atomic E-state index is 12.0. The van der Waals surface area contributed by atoms with Gasteiger partial charge in [0, 0.05) is 10.9 Å². The zero-order valence-electron chi connectivity index (χ0n) is 12.5. The molecule has 0 spiro atoms. The zero-order chi connectivity index (χ0) is 15.6. The lowest BCUT2D eigenvalue weighted by atomic mass is 10.1. The molecular formula is C14H21N3O3S. The molecule has 0 saturated heterocycles. The first-order chi connectivity index (χ1) is 9.90. The van der Waals surface area contributed by atoms with Crippen molar-refractivity contribution in [2.75, 3.05) is 11.9 Å². The van der Waals surface area contributed by atoms with Crippen molar-refractivity contribution in [3.8, 4) is 0 Å². The normalized spacial score (nSPS) is 15.4. The fourth-order valence-electron chi connectivity index (χ4n) is 2.09. The third kappa shape index (κ3) is 3.54. The van der Waals surface area contributed by atoms with Crippen molar-refractivity contribution in [1.82, 2.24) is 5.32 Å². The Hall–Kier alpha value is -1.60. The lowest BCUT2D eigenvalue weighted by Gasteiger charge is -2.17. The van der Waals surface area contributed by atoms with E-state index in [1.54, 1.807) is 0 Å². The summed E-state index contributed by atoms with van der Waals surface area (Å²) in [6.07, 6.45) is 0.649. The van der Waals surface area contributed by atoms with E-state index in [9.17, 15) is 9.59 Å². The third-order valence-corrected chi connectivity index (χ3v) is 4.77. The van der Waals surface area contributed by atoms with Crippen LogP contribution in [-0.4, -0.2) is 24.6 Å². The number of primary amides is 1. The molecule has 21 heavy (non-hydrogen) atoms. The molecule has 2 heterocycles. The number of nitrogens with one attached hydrogen (secondary N) is 2. The maximum atomic E-state index is 12.0. The molecule has 6 nitrogen and oxygen atoms in total. The minimum atomic E-state index is -0.512. The number of carbonyl (C=O) groups is 2. The summed E-state index contributed by atoms with van der Waals surface area (Å²) in [6.45, 7) is 7.03. The van der Waals surface area contributed by atoms with Crippen LogP contribution in [0.4, 0.5) is 9.80 Å². The van der Waals surface area contributed by atoms with E-state index < -0.39 is 5.91 Å². The number of rotatable bonds is 4. The van der Waals surface area contributed by atoms with Gasteiger partial charge in [-0.25, -0.2) is 4.79 Å². The highest BCUT2D eigenvalue weighted by atomic mass is 32.1. The number of nitrogens with two attached hydrogens (primary N) is 1. The molecule has 1 aliphatic rings. The molecule has 0 radical (unpaired) electrons. The fraction of sp³-hybridized carbons (Fsp3) is 0.571. The van der Waals surface area contributed by atoms with Crippen molar-refractivity contribution < 1.29 is 14.3 Å². The lowest BCUT2D eigenvalue weighted by Crippen LogP contribution is -2.39. The largest absolute Gasteiger partial charge is 0.376 e. The third-order valence-electron chi connectivity index (χ3n) is 3.65. The Kier molecular flexibility index (Phi) is 4.84. The van der Waals surface area contributed by atoms with Gasteiger partial charge in [0.2, 0.25) is 0 Å². The summed E-state index contributed by atoms with van der Waals surface area (Å²) in [6, 6.07) is -0.279. The Morgan fingerprint density at radius 1 is 1.33 bits per heavy atom. The Bertz CT molecular complexity index is 554. The quantitative estimate of drug-likeness (QED) is 0.794. The van der Waals surface area contributed by atoms with Gasteiger partial charge in [0.25, 0.3) is 5.91 Å². The number of fused-ring (bicyclic) bond motifs is 1. The fourth-order valence-corrected chi connectivity index (χ4v) is 3.28. The van der Waals surface area contributed by atoms with Crippen LogP contribution in [0.1, 0.15) is 41.6 Å². The highest BCUT2D eigenvalue weighted by molar-refractivity contribution is 7.17. The van der Waals surface area contributed by atoms with Crippen LogP contribution in [0.5, 0.6) is 0 Å². The molecule has 1 aliphatic heterocycles. The second kappa shape index (κ2) is 6.44. The monoisotopic (exact) mass is 311 g/mol. The van der Waals surface area contributed by atoms with Crippen molar-refractivity contribution in [2.24, 2.45) is 11.7 Å². The zero-order valence-corrected chi connectivity index (χ0v) is 13.3. The van der Waals surface area contributed by atoms with Gasteiger partial charge in [0.1, 0.15) is 5.00 Å². The number of thiophene rings is 1. The molecule has 1 aromatic heterocycles. The average molecular weight is 311 g/mol. The van der Waals surface area contributed by atoms with E-state index in [0.717, 1.165) is 10.4 Å². The second-order valence-corrected chi connectivity index (χ2v) is 6.61. The number of urea groups is 1. The van der Waals surface area contributed by atoms with E-state index in [0.29, 0.717) is 36.1 Å². The van der Waals surface area contributed by atoms with Crippen LogP contribution >= 0.6 is 11.3 Å². The molecule has 0 aliphatic carbocycles. The Labute approximate surface area is 128 Å². The summed E-state index contributed by atoms with van der Waals surface area (Å²) in [5, 5.41) is 6.10. The van der Waals surface area contributed by atoms with Crippen LogP contribution in [0.25, 0.3) is 0 Å². The van der Waals surface area contributed by atoms with E-state index in [-0.39, 0.29) is 12.1 Å². The van der Waals surface area contributed by atoms with Crippen LogP contribution in [0.3, 0.4) is 0 Å². The molecule has 0 saturated carbocycles. The summed E-state index contributed by atoms with van der Waals surface area (Å²) in [7, 11) is 0. The van der Waals surface area contributed by atoms with Crippen molar-refractivity contribution in [2.45, 2.75) is 39.8 Å². The van der Waals surface area contributed by atoms with Crippen LogP contribution in [-0.2, 0) is 17.8 Å². The summed E-state index contributed by atoms with van der Waals surface area (Å²) in [5.74, 6) is -0.182. The van der Waals surface area contributed by atoms with Crippen molar-refractivity contribution >= 4 is 28.3 Å². The highest BCUT2D eigenvalue weighted by Gasteiger charge is 2.25. The summed E-state index contributed by atoms with van der Waals surface area (Å²) in [4.78, 5) is 24.7. The van der Waals surface area contributed by atoms with Crippen molar-refractivity contribution in [3.05, 3.63) is 16.0 Å². The molecule has 1 unspecified atom stereocenters. The Morgan fingerprint density at radius 3 is 2.67 bits per heavy atom. The van der Waals surface area contributed by atoms with Crippen LogP contribution in [0.2, 0.25) is 0 Å². The first-order valence-electron chi connectivity index (χ1n) is 6.99. The molecule has 0 aromatic carbocycles. The van der Waals surface area contributed by atoms with Crippen LogP contribution < -0.4 is 16.4 Å². The first-order valence-corrected chi connectivity index (χ1v) is 7.81. The number of hydrogen-bond acceptors (Lipinski definition) is 4. The summed E-state index contributed by atoms with van der Waals surface area (Å²) < 4.78 is 5.37. The van der Waals surface area contributed by atoms with Gasteiger partial charge >= 0.3 is 6.03 Å².